The van der Waals surface area contributed by atoms with Gasteiger partial charge in [0.25, 0.3) is 0 Å². The van der Waals surface area contributed by atoms with Crippen LogP contribution in [0.25, 0.3) is 0 Å². The Kier molecular flexibility index (Phi) is 5.02. The summed E-state index contributed by atoms with van der Waals surface area (Å²) in [5.74, 6) is 0. The summed E-state index contributed by atoms with van der Waals surface area (Å²) in [5, 5.41) is 15.0. The van der Waals surface area contributed by atoms with Gasteiger partial charge in [0.1, 0.15) is 6.23 Å². The number of hydrogen-bond acceptors (Lipinski definition) is 3. The van der Waals surface area contributed by atoms with Crippen molar-refractivity contribution in [3.63, 3.8) is 0 Å². The number of likely N-dealkylation sites (N-methyl/N-ethyl adjacent to an activating group) is 1. The van der Waals surface area contributed by atoms with E-state index in [1.54, 1.807) is 7.05 Å². The van der Waals surface area contributed by atoms with E-state index in [1.165, 1.54) is 0 Å². The molecule has 0 aromatic carbocycles. The molecule has 0 saturated heterocycles. The van der Waals surface area contributed by atoms with E-state index in [-0.39, 0.29) is 10.8 Å². The van der Waals surface area contributed by atoms with Gasteiger partial charge in [-0.1, -0.05) is 0 Å². The molecule has 0 amide bonds. The smallest absolute Gasteiger partial charge is 0.122 e. The Labute approximate surface area is 94.5 Å². The van der Waals surface area contributed by atoms with Gasteiger partial charge in [0.05, 0.1) is 17.3 Å². The van der Waals surface area contributed by atoms with Gasteiger partial charge in [-0.25, -0.2) is 0 Å². The van der Waals surface area contributed by atoms with Crippen molar-refractivity contribution in [3.05, 3.63) is 11.8 Å². The summed E-state index contributed by atoms with van der Waals surface area (Å²) < 4.78 is 0. The van der Waals surface area contributed by atoms with E-state index in [9.17, 15) is 5.11 Å². The number of halogens is 2. The Morgan fingerprint density at radius 1 is 1.64 bits per heavy atom. The first kappa shape index (κ1) is 12.1. The number of rotatable bonds is 4. The van der Waals surface area contributed by atoms with Crippen molar-refractivity contribution in [2.24, 2.45) is 0 Å². The summed E-state index contributed by atoms with van der Waals surface area (Å²) in [6, 6.07) is 0. The average Bonchev–Trinajstić information content (AvgIpc) is 2.19. The molecule has 5 heteroatoms. The Morgan fingerprint density at radius 3 is 2.93 bits per heavy atom. The van der Waals surface area contributed by atoms with Crippen molar-refractivity contribution in [1.29, 1.82) is 0 Å². The van der Waals surface area contributed by atoms with Crippen LogP contribution in [0, 0.1) is 0 Å². The molecule has 0 aliphatic heterocycles. The third kappa shape index (κ3) is 3.65. The summed E-state index contributed by atoms with van der Waals surface area (Å²) in [4.78, 5) is 0. The number of aliphatic hydroxyl groups excluding tert-OH is 1. The highest BCUT2D eigenvalue weighted by molar-refractivity contribution is 6.31. The van der Waals surface area contributed by atoms with Gasteiger partial charge >= 0.3 is 0 Å². The van der Waals surface area contributed by atoms with Crippen LogP contribution in [0.4, 0.5) is 0 Å². The zero-order chi connectivity index (χ0) is 10.6. The Hall–Kier alpha value is 0.0400. The van der Waals surface area contributed by atoms with Gasteiger partial charge in [-0.05, 0) is 26.0 Å². The lowest BCUT2D eigenvalue weighted by Gasteiger charge is -2.23. The van der Waals surface area contributed by atoms with Gasteiger partial charge < -0.3 is 10.4 Å². The van der Waals surface area contributed by atoms with Crippen LogP contribution < -0.4 is 10.6 Å². The van der Waals surface area contributed by atoms with Crippen molar-refractivity contribution in [1.82, 2.24) is 10.6 Å². The van der Waals surface area contributed by atoms with E-state index >= 15 is 0 Å². The zero-order valence-electron chi connectivity index (χ0n) is 8.13. The molecular formula is C9H16Cl2N2O. The largest absolute Gasteiger partial charge is 0.385 e. The van der Waals surface area contributed by atoms with Crippen molar-refractivity contribution in [2.75, 3.05) is 13.6 Å². The monoisotopic (exact) mass is 238 g/mol. The fraction of sp³-hybridized carbons (Fsp3) is 0.778. The van der Waals surface area contributed by atoms with Crippen LogP contribution in [-0.2, 0) is 0 Å². The lowest BCUT2D eigenvalue weighted by atomic mass is 10.0. The molecule has 0 heterocycles. The lowest BCUT2D eigenvalue weighted by Crippen LogP contribution is -2.37. The number of aliphatic hydroxyl groups is 1. The SMILES string of the molecule is CNC(O)CNC1=CC(Cl)C(Cl)CC1. The first-order valence-corrected chi connectivity index (χ1v) is 5.59. The van der Waals surface area contributed by atoms with Gasteiger partial charge in [0.2, 0.25) is 0 Å². The molecule has 0 bridgehead atoms. The molecule has 0 saturated carbocycles. The van der Waals surface area contributed by atoms with Gasteiger partial charge in [-0.2, -0.15) is 0 Å². The maximum atomic E-state index is 9.25. The zero-order valence-corrected chi connectivity index (χ0v) is 9.65. The van der Waals surface area contributed by atoms with Crippen LogP contribution in [0.1, 0.15) is 12.8 Å². The molecular weight excluding hydrogens is 223 g/mol. The average molecular weight is 239 g/mol. The van der Waals surface area contributed by atoms with Gasteiger partial charge in [-0.3, -0.25) is 5.32 Å². The second kappa shape index (κ2) is 5.81. The van der Waals surface area contributed by atoms with E-state index in [2.05, 4.69) is 10.6 Å². The standard InChI is InChI=1S/C9H16Cl2N2O/c1-12-9(14)5-13-6-2-3-7(10)8(11)4-6/h4,7-9,12-14H,2-3,5H2,1H3. The first-order chi connectivity index (χ1) is 6.63. The topological polar surface area (TPSA) is 44.3 Å². The second-order valence-electron chi connectivity index (χ2n) is 3.38. The molecule has 3 atom stereocenters. The number of hydrogen-bond donors (Lipinski definition) is 3. The minimum absolute atomic E-state index is 0.0245. The summed E-state index contributed by atoms with van der Waals surface area (Å²) in [7, 11) is 1.71. The molecule has 3 nitrogen and oxygen atoms in total. The highest BCUT2D eigenvalue weighted by Crippen LogP contribution is 2.25. The molecule has 3 N–H and O–H groups in total. The van der Waals surface area contributed by atoms with E-state index in [0.717, 1.165) is 18.5 Å². The summed E-state index contributed by atoms with van der Waals surface area (Å²) in [5.41, 5.74) is 1.07. The fourth-order valence-electron chi connectivity index (χ4n) is 1.31. The van der Waals surface area contributed by atoms with Gasteiger partial charge in [-0.15, -0.1) is 23.2 Å². The maximum Gasteiger partial charge on any atom is 0.122 e. The minimum atomic E-state index is -0.529. The van der Waals surface area contributed by atoms with Gasteiger partial charge in [0, 0.05) is 5.70 Å². The van der Waals surface area contributed by atoms with Crippen LogP contribution in [0.2, 0.25) is 0 Å². The van der Waals surface area contributed by atoms with Gasteiger partial charge in [0.15, 0.2) is 0 Å². The van der Waals surface area contributed by atoms with E-state index < -0.39 is 6.23 Å². The molecule has 0 aromatic rings. The molecule has 82 valence electrons. The Bertz CT molecular complexity index is 211. The van der Waals surface area contributed by atoms with E-state index in [0.29, 0.717) is 6.54 Å². The van der Waals surface area contributed by atoms with Crippen molar-refractivity contribution >= 4 is 23.2 Å². The normalized spacial score (nSPS) is 29.6. The van der Waals surface area contributed by atoms with Crippen LogP contribution >= 0.6 is 23.2 Å². The third-order valence-corrected chi connectivity index (χ3v) is 3.30. The molecule has 1 aliphatic carbocycles. The molecule has 0 fully saturated rings. The highest BCUT2D eigenvalue weighted by Gasteiger charge is 2.20. The molecule has 1 aliphatic rings. The molecule has 0 radical (unpaired) electrons. The first-order valence-electron chi connectivity index (χ1n) is 4.71. The van der Waals surface area contributed by atoms with Crippen LogP contribution in [-0.4, -0.2) is 35.7 Å². The maximum absolute atomic E-state index is 9.25. The molecule has 1 rings (SSSR count). The number of alkyl halides is 2. The summed E-state index contributed by atoms with van der Waals surface area (Å²) in [6.07, 6.45) is 3.17. The summed E-state index contributed by atoms with van der Waals surface area (Å²) >= 11 is 11.9. The van der Waals surface area contributed by atoms with Crippen LogP contribution in [0.15, 0.2) is 11.8 Å². The second-order valence-corrected chi connectivity index (χ2v) is 4.44. The van der Waals surface area contributed by atoms with Crippen LogP contribution in [0.3, 0.4) is 0 Å². The van der Waals surface area contributed by atoms with E-state index in [4.69, 9.17) is 23.2 Å². The van der Waals surface area contributed by atoms with Crippen LogP contribution in [0.5, 0.6) is 0 Å². The molecule has 14 heavy (non-hydrogen) atoms. The molecule has 0 spiro atoms. The molecule has 0 aromatic heterocycles. The Balaban J connectivity index is 2.35. The summed E-state index contributed by atoms with van der Waals surface area (Å²) in [6.45, 7) is 0.485. The predicted octanol–water partition coefficient (Wildman–Crippen LogP) is 1.01. The van der Waals surface area contributed by atoms with Crippen molar-refractivity contribution in [2.45, 2.75) is 29.8 Å². The Morgan fingerprint density at radius 2 is 2.36 bits per heavy atom. The predicted molar refractivity (Wildman–Crippen MR) is 59.7 cm³/mol. The van der Waals surface area contributed by atoms with Crippen molar-refractivity contribution in [3.8, 4) is 0 Å². The van der Waals surface area contributed by atoms with E-state index in [1.807, 2.05) is 6.08 Å². The molecule has 3 unspecified atom stereocenters. The number of nitrogens with one attached hydrogen (secondary N) is 2. The number of allylic oxidation sites excluding steroid dienone is 2. The minimum Gasteiger partial charge on any atom is -0.385 e. The highest BCUT2D eigenvalue weighted by atomic mass is 35.5. The quantitative estimate of drug-likeness (QED) is 0.506. The van der Waals surface area contributed by atoms with Crippen molar-refractivity contribution < 1.29 is 5.11 Å². The lowest BCUT2D eigenvalue weighted by molar-refractivity contribution is 0.147. The third-order valence-electron chi connectivity index (χ3n) is 2.25. The fourth-order valence-corrected chi connectivity index (χ4v) is 1.77.